The van der Waals surface area contributed by atoms with Gasteiger partial charge in [-0.05, 0) is 49.9 Å². The van der Waals surface area contributed by atoms with Crippen LogP contribution < -0.4 is 5.32 Å². The van der Waals surface area contributed by atoms with Crippen molar-refractivity contribution in [2.24, 2.45) is 5.41 Å². The van der Waals surface area contributed by atoms with Crippen LogP contribution in [0, 0.1) is 5.41 Å². The van der Waals surface area contributed by atoms with Gasteiger partial charge in [-0.15, -0.1) is 6.58 Å². The first kappa shape index (κ1) is 19.0. The van der Waals surface area contributed by atoms with Gasteiger partial charge >= 0.3 is 0 Å². The summed E-state index contributed by atoms with van der Waals surface area (Å²) < 4.78 is 0. The van der Waals surface area contributed by atoms with Crippen molar-refractivity contribution < 1.29 is 9.90 Å². The van der Waals surface area contributed by atoms with E-state index in [0.717, 1.165) is 49.4 Å². The van der Waals surface area contributed by atoms with Crippen LogP contribution >= 0.6 is 11.6 Å². The van der Waals surface area contributed by atoms with Crippen LogP contribution in [0.2, 0.25) is 5.02 Å². The molecular formula is C19H27ClN2O2. The van der Waals surface area contributed by atoms with Gasteiger partial charge in [0.25, 0.3) is 0 Å². The van der Waals surface area contributed by atoms with E-state index in [2.05, 4.69) is 16.8 Å². The number of nitrogens with one attached hydrogen (secondary N) is 1. The van der Waals surface area contributed by atoms with Crippen molar-refractivity contribution in [2.45, 2.75) is 25.7 Å². The van der Waals surface area contributed by atoms with Crippen molar-refractivity contribution in [1.29, 1.82) is 0 Å². The number of allylic oxidation sites excluding steroid dienone is 1. The number of carbonyl (C=O) groups excluding carboxylic acids is 1. The zero-order valence-electron chi connectivity index (χ0n) is 14.1. The second-order valence-corrected chi connectivity index (χ2v) is 7.13. The number of nitrogens with zero attached hydrogens (tertiary/aromatic N) is 1. The third-order valence-electron chi connectivity index (χ3n) is 4.67. The zero-order valence-corrected chi connectivity index (χ0v) is 14.9. The molecule has 4 nitrogen and oxygen atoms in total. The highest BCUT2D eigenvalue weighted by molar-refractivity contribution is 6.30. The van der Waals surface area contributed by atoms with Crippen LogP contribution in [0.1, 0.15) is 24.8 Å². The minimum absolute atomic E-state index is 0.0382. The fourth-order valence-electron chi connectivity index (χ4n) is 3.37. The van der Waals surface area contributed by atoms with Crippen molar-refractivity contribution >= 4 is 17.5 Å². The molecule has 1 aliphatic rings. The van der Waals surface area contributed by atoms with E-state index < -0.39 is 0 Å². The molecule has 5 heteroatoms. The first-order chi connectivity index (χ1) is 11.6. The van der Waals surface area contributed by atoms with Crippen LogP contribution in [0.25, 0.3) is 0 Å². The molecule has 0 spiro atoms. The van der Waals surface area contributed by atoms with Gasteiger partial charge in [-0.1, -0.05) is 29.8 Å². The smallest absolute Gasteiger partial charge is 0.234 e. The number of halogens is 1. The van der Waals surface area contributed by atoms with Crippen LogP contribution in [0.5, 0.6) is 0 Å². The first-order valence-electron chi connectivity index (χ1n) is 8.52. The molecule has 0 radical (unpaired) electrons. The van der Waals surface area contributed by atoms with Crippen LogP contribution in [0.3, 0.4) is 0 Å². The molecule has 2 N–H and O–H groups in total. The third-order valence-corrected chi connectivity index (χ3v) is 4.92. The fourth-order valence-corrected chi connectivity index (χ4v) is 3.49. The molecule has 1 aromatic carbocycles. The van der Waals surface area contributed by atoms with Crippen LogP contribution in [0.4, 0.5) is 0 Å². The largest absolute Gasteiger partial charge is 0.396 e. The van der Waals surface area contributed by atoms with Crippen molar-refractivity contribution in [1.82, 2.24) is 10.2 Å². The Morgan fingerprint density at radius 2 is 2.17 bits per heavy atom. The highest BCUT2D eigenvalue weighted by Gasteiger charge is 2.34. The minimum atomic E-state index is -0.135. The Morgan fingerprint density at radius 3 is 2.83 bits per heavy atom. The molecule has 1 amide bonds. The summed E-state index contributed by atoms with van der Waals surface area (Å²) in [7, 11) is 0. The lowest BCUT2D eigenvalue weighted by Gasteiger charge is -2.41. The van der Waals surface area contributed by atoms with Gasteiger partial charge in [0.15, 0.2) is 0 Å². The molecule has 1 heterocycles. The number of hydrogen-bond acceptors (Lipinski definition) is 3. The van der Waals surface area contributed by atoms with Crippen molar-refractivity contribution in [3.8, 4) is 0 Å². The van der Waals surface area contributed by atoms with Gasteiger partial charge in [-0.3, -0.25) is 9.69 Å². The Balaban J connectivity index is 1.75. The van der Waals surface area contributed by atoms with Gasteiger partial charge in [0.2, 0.25) is 5.91 Å². The topological polar surface area (TPSA) is 52.6 Å². The van der Waals surface area contributed by atoms with E-state index in [1.54, 1.807) is 0 Å². The number of aliphatic hydroxyl groups excluding tert-OH is 1. The average Bonchev–Trinajstić information content (AvgIpc) is 2.57. The average molecular weight is 351 g/mol. The van der Waals surface area contributed by atoms with Crippen LogP contribution in [-0.2, 0) is 11.2 Å². The maximum atomic E-state index is 12.2. The fraction of sp³-hybridized carbons (Fsp3) is 0.526. The maximum Gasteiger partial charge on any atom is 0.234 e. The monoisotopic (exact) mass is 350 g/mol. The number of likely N-dealkylation sites (tertiary alicyclic amines) is 1. The molecule has 132 valence electrons. The molecule has 0 unspecified atom stereocenters. The predicted molar refractivity (Wildman–Crippen MR) is 98.2 cm³/mol. The van der Waals surface area contributed by atoms with Crippen molar-refractivity contribution in [2.75, 3.05) is 32.8 Å². The summed E-state index contributed by atoms with van der Waals surface area (Å²) in [5.41, 5.74) is 1.02. The summed E-state index contributed by atoms with van der Waals surface area (Å²) in [6.45, 7) is 6.60. The first-order valence-corrected chi connectivity index (χ1v) is 8.90. The molecule has 0 bridgehead atoms. The van der Waals surface area contributed by atoms with Gasteiger partial charge in [0.1, 0.15) is 0 Å². The second-order valence-electron chi connectivity index (χ2n) is 6.69. The summed E-state index contributed by atoms with van der Waals surface area (Å²) in [5, 5.41) is 13.4. The summed E-state index contributed by atoms with van der Waals surface area (Å²) in [4.78, 5) is 14.3. The van der Waals surface area contributed by atoms with Gasteiger partial charge in [0, 0.05) is 23.5 Å². The predicted octanol–water partition coefficient (Wildman–Crippen LogP) is 2.65. The van der Waals surface area contributed by atoms with Crippen molar-refractivity contribution in [3.63, 3.8) is 0 Å². The number of hydrogen-bond donors (Lipinski definition) is 2. The van der Waals surface area contributed by atoms with E-state index in [-0.39, 0.29) is 17.9 Å². The minimum Gasteiger partial charge on any atom is -0.396 e. The van der Waals surface area contributed by atoms with Gasteiger partial charge in [-0.25, -0.2) is 0 Å². The molecule has 1 aliphatic heterocycles. The summed E-state index contributed by atoms with van der Waals surface area (Å²) >= 11 is 5.86. The van der Waals surface area contributed by atoms with E-state index in [4.69, 9.17) is 11.6 Å². The van der Waals surface area contributed by atoms with Crippen molar-refractivity contribution in [3.05, 3.63) is 47.5 Å². The quantitative estimate of drug-likeness (QED) is 0.709. The third kappa shape index (κ3) is 5.62. The zero-order chi connectivity index (χ0) is 17.4. The van der Waals surface area contributed by atoms with Crippen LogP contribution in [0.15, 0.2) is 36.9 Å². The molecule has 1 aromatic rings. The number of aliphatic hydroxyl groups is 1. The maximum absolute atomic E-state index is 12.2. The lowest BCUT2D eigenvalue weighted by atomic mass is 9.78. The highest BCUT2D eigenvalue weighted by Crippen LogP contribution is 2.33. The van der Waals surface area contributed by atoms with E-state index in [9.17, 15) is 9.90 Å². The Hall–Kier alpha value is -1.36. The number of carbonyl (C=O) groups is 1. The molecule has 0 aromatic heterocycles. The number of rotatable bonds is 8. The van der Waals surface area contributed by atoms with E-state index >= 15 is 0 Å². The molecule has 24 heavy (non-hydrogen) atoms. The van der Waals surface area contributed by atoms with Gasteiger partial charge < -0.3 is 10.4 Å². The van der Waals surface area contributed by atoms with Gasteiger partial charge in [-0.2, -0.15) is 0 Å². The molecule has 2 rings (SSSR count). The van der Waals surface area contributed by atoms with Crippen LogP contribution in [-0.4, -0.2) is 48.7 Å². The summed E-state index contributed by atoms with van der Waals surface area (Å²) in [6.07, 6.45) is 5.45. The lowest BCUT2D eigenvalue weighted by Crippen LogP contribution is -2.48. The van der Waals surface area contributed by atoms with E-state index in [1.807, 2.05) is 30.3 Å². The number of benzene rings is 1. The summed E-state index contributed by atoms with van der Waals surface area (Å²) in [5.74, 6) is 0.0382. The van der Waals surface area contributed by atoms with E-state index in [0.29, 0.717) is 13.1 Å². The number of amides is 1. The van der Waals surface area contributed by atoms with E-state index in [1.165, 1.54) is 0 Å². The Bertz CT molecular complexity index is 547. The normalized spacial score (nSPS) is 21.4. The summed E-state index contributed by atoms with van der Waals surface area (Å²) in [6, 6.07) is 7.68. The van der Waals surface area contributed by atoms with Gasteiger partial charge in [0.05, 0.1) is 13.2 Å². The molecule has 1 saturated heterocycles. The second kappa shape index (κ2) is 9.21. The Kier molecular flexibility index (Phi) is 7.28. The standard InChI is InChI=1S/C19H27ClN2O2/c1-2-9-19(15-23)10-3-12-22(14-19)13-18(24)21-11-8-16-4-6-17(20)7-5-16/h2,4-7,23H,1,3,8-15H2,(H,21,24)/t19-/m1/s1. The molecular weight excluding hydrogens is 324 g/mol. The lowest BCUT2D eigenvalue weighted by molar-refractivity contribution is -0.123. The Morgan fingerprint density at radius 1 is 1.42 bits per heavy atom. The molecule has 0 saturated carbocycles. The molecule has 1 fully saturated rings. The SMILES string of the molecule is C=CC[C@@]1(CO)CCCN(CC(=O)NCCc2ccc(Cl)cc2)C1. The molecule has 1 atom stereocenters. The number of piperidine rings is 1. The highest BCUT2D eigenvalue weighted by atomic mass is 35.5. The molecule has 0 aliphatic carbocycles. The Labute approximate surface area is 149 Å².